The Morgan fingerprint density at radius 3 is 2.56 bits per heavy atom. The van der Waals surface area contributed by atoms with Crippen LogP contribution in [0.2, 0.25) is 0 Å². The number of hydrogen-bond acceptors (Lipinski definition) is 6. The molecule has 2 aromatic heterocycles. The molecule has 1 saturated heterocycles. The summed E-state index contributed by atoms with van der Waals surface area (Å²) in [4.78, 5) is 23.5. The molecular formula is C19H20BrN5O2. The molecule has 1 aliphatic rings. The van der Waals surface area contributed by atoms with E-state index < -0.39 is 0 Å². The summed E-state index contributed by atoms with van der Waals surface area (Å²) in [7, 11) is 1.71. The van der Waals surface area contributed by atoms with Crippen molar-refractivity contribution in [3.63, 3.8) is 0 Å². The fourth-order valence-corrected chi connectivity index (χ4v) is 3.69. The number of fused-ring (bicyclic) bond motifs is 1. The van der Waals surface area contributed by atoms with Crippen molar-refractivity contribution in [2.75, 3.05) is 36.5 Å². The van der Waals surface area contributed by atoms with Gasteiger partial charge < -0.3 is 15.0 Å². The van der Waals surface area contributed by atoms with E-state index in [9.17, 15) is 4.79 Å². The molecule has 0 unspecified atom stereocenters. The molecule has 0 spiro atoms. The summed E-state index contributed by atoms with van der Waals surface area (Å²) in [6.45, 7) is 5.25. The van der Waals surface area contributed by atoms with Crippen molar-refractivity contribution in [3.05, 3.63) is 50.9 Å². The molecule has 27 heavy (non-hydrogen) atoms. The Labute approximate surface area is 165 Å². The number of morpholine rings is 1. The van der Waals surface area contributed by atoms with Gasteiger partial charge in [0.1, 0.15) is 5.65 Å². The quantitative estimate of drug-likeness (QED) is 0.689. The molecule has 0 saturated carbocycles. The van der Waals surface area contributed by atoms with Gasteiger partial charge in [0, 0.05) is 36.9 Å². The van der Waals surface area contributed by atoms with Crippen LogP contribution < -0.4 is 15.8 Å². The van der Waals surface area contributed by atoms with Gasteiger partial charge in [0.25, 0.3) is 5.56 Å². The third-order valence-corrected chi connectivity index (χ3v) is 5.28. The molecule has 3 heterocycles. The van der Waals surface area contributed by atoms with Crippen molar-refractivity contribution >= 4 is 44.3 Å². The predicted molar refractivity (Wildman–Crippen MR) is 110 cm³/mol. The number of aromatic nitrogens is 3. The molecule has 7 nitrogen and oxygen atoms in total. The minimum Gasteiger partial charge on any atom is -0.378 e. The number of ether oxygens (including phenoxy) is 1. The Hall–Kier alpha value is -2.45. The van der Waals surface area contributed by atoms with Crippen molar-refractivity contribution in [1.82, 2.24) is 14.5 Å². The summed E-state index contributed by atoms with van der Waals surface area (Å²) in [6.07, 6.45) is 0. The lowest BCUT2D eigenvalue weighted by Gasteiger charge is -2.28. The number of nitrogens with one attached hydrogen (secondary N) is 1. The fourth-order valence-electron chi connectivity index (χ4n) is 3.20. The summed E-state index contributed by atoms with van der Waals surface area (Å²) >= 11 is 3.30. The third kappa shape index (κ3) is 3.54. The van der Waals surface area contributed by atoms with Crippen LogP contribution >= 0.6 is 15.9 Å². The summed E-state index contributed by atoms with van der Waals surface area (Å²) < 4.78 is 7.43. The van der Waals surface area contributed by atoms with Gasteiger partial charge in [-0.2, -0.15) is 4.98 Å². The topological polar surface area (TPSA) is 72.3 Å². The molecule has 0 aliphatic carbocycles. The maximum atomic E-state index is 12.2. The number of anilines is 3. The van der Waals surface area contributed by atoms with Crippen LogP contribution in [0.5, 0.6) is 0 Å². The lowest BCUT2D eigenvalue weighted by Crippen LogP contribution is -2.36. The molecule has 0 amide bonds. The second-order valence-corrected chi connectivity index (χ2v) is 7.35. The summed E-state index contributed by atoms with van der Waals surface area (Å²) in [5.41, 5.74) is 3.35. The van der Waals surface area contributed by atoms with Gasteiger partial charge in [-0.1, -0.05) is 0 Å². The number of benzene rings is 1. The maximum Gasteiger partial charge on any atom is 0.266 e. The van der Waals surface area contributed by atoms with Crippen LogP contribution in [0.25, 0.3) is 11.0 Å². The first kappa shape index (κ1) is 17.9. The Bertz CT molecular complexity index is 1040. The minimum absolute atomic E-state index is 0.124. The van der Waals surface area contributed by atoms with E-state index in [0.717, 1.165) is 43.1 Å². The first-order chi connectivity index (χ1) is 13.0. The monoisotopic (exact) mass is 429 g/mol. The smallest absolute Gasteiger partial charge is 0.266 e. The van der Waals surface area contributed by atoms with Crippen molar-refractivity contribution in [2.45, 2.75) is 6.92 Å². The van der Waals surface area contributed by atoms with E-state index in [-0.39, 0.29) is 5.56 Å². The number of hydrogen-bond donors (Lipinski definition) is 1. The zero-order valence-electron chi connectivity index (χ0n) is 15.2. The van der Waals surface area contributed by atoms with Crippen molar-refractivity contribution in [3.8, 4) is 0 Å². The van der Waals surface area contributed by atoms with Crippen LogP contribution in [0, 0.1) is 6.92 Å². The van der Waals surface area contributed by atoms with Crippen LogP contribution in [0.3, 0.4) is 0 Å². The highest BCUT2D eigenvalue weighted by atomic mass is 79.9. The van der Waals surface area contributed by atoms with E-state index in [2.05, 4.69) is 48.2 Å². The number of pyridine rings is 1. The highest BCUT2D eigenvalue weighted by Crippen LogP contribution is 2.23. The molecule has 140 valence electrons. The van der Waals surface area contributed by atoms with Gasteiger partial charge in [-0.05, 0) is 53.2 Å². The van der Waals surface area contributed by atoms with Crippen molar-refractivity contribution in [2.24, 2.45) is 7.05 Å². The van der Waals surface area contributed by atoms with E-state index >= 15 is 0 Å². The zero-order chi connectivity index (χ0) is 19.0. The second kappa shape index (κ2) is 7.28. The lowest BCUT2D eigenvalue weighted by molar-refractivity contribution is 0.122. The average molecular weight is 430 g/mol. The summed E-state index contributed by atoms with van der Waals surface area (Å²) in [5, 5.41) is 4.08. The molecule has 0 atom stereocenters. The van der Waals surface area contributed by atoms with Crippen LogP contribution in [0.4, 0.5) is 17.3 Å². The molecule has 4 rings (SSSR count). The van der Waals surface area contributed by atoms with Crippen LogP contribution in [0.1, 0.15) is 5.69 Å². The number of rotatable bonds is 3. The fraction of sp³-hybridized carbons (Fsp3) is 0.316. The van der Waals surface area contributed by atoms with Crippen LogP contribution in [-0.4, -0.2) is 40.8 Å². The Morgan fingerprint density at radius 2 is 1.85 bits per heavy atom. The first-order valence-electron chi connectivity index (χ1n) is 8.76. The average Bonchev–Trinajstić information content (AvgIpc) is 2.69. The predicted octanol–water partition coefficient (Wildman–Crippen LogP) is 2.98. The summed E-state index contributed by atoms with van der Waals surface area (Å²) in [5.74, 6) is 0.469. The minimum atomic E-state index is -0.124. The molecule has 1 fully saturated rings. The Balaban J connectivity index is 1.62. The first-order valence-corrected chi connectivity index (χ1v) is 9.56. The van der Waals surface area contributed by atoms with Crippen LogP contribution in [0.15, 0.2) is 39.6 Å². The zero-order valence-corrected chi connectivity index (χ0v) is 16.8. The number of aryl methyl sites for hydroxylation is 2. The SMILES string of the molecule is Cc1nc(Nc2ccc(N3CCOCC3)cc2)nc2c1cc(Br)c(=O)n2C. The van der Waals surface area contributed by atoms with Gasteiger partial charge in [0.2, 0.25) is 5.95 Å². The number of nitrogens with zero attached hydrogens (tertiary/aromatic N) is 4. The highest BCUT2D eigenvalue weighted by Gasteiger charge is 2.13. The lowest BCUT2D eigenvalue weighted by atomic mass is 10.2. The molecule has 3 aromatic rings. The van der Waals surface area contributed by atoms with Gasteiger partial charge in [0.15, 0.2) is 0 Å². The van der Waals surface area contributed by atoms with E-state index in [4.69, 9.17) is 4.74 Å². The molecule has 1 aromatic carbocycles. The molecule has 0 radical (unpaired) electrons. The Kier molecular flexibility index (Phi) is 4.84. The van der Waals surface area contributed by atoms with Crippen LogP contribution in [-0.2, 0) is 11.8 Å². The molecule has 8 heteroatoms. The van der Waals surface area contributed by atoms with E-state index in [0.29, 0.717) is 16.1 Å². The highest BCUT2D eigenvalue weighted by molar-refractivity contribution is 9.10. The third-order valence-electron chi connectivity index (χ3n) is 4.71. The molecule has 1 N–H and O–H groups in total. The van der Waals surface area contributed by atoms with Gasteiger partial charge in [-0.25, -0.2) is 4.98 Å². The largest absolute Gasteiger partial charge is 0.378 e. The standard InChI is InChI=1S/C19H20BrN5O2/c1-12-15-11-16(20)18(26)24(2)17(15)23-19(21-12)22-13-3-5-14(6-4-13)25-7-9-27-10-8-25/h3-6,11H,7-10H2,1-2H3,(H,21,22,23). The molecule has 0 bridgehead atoms. The normalized spacial score (nSPS) is 14.6. The van der Waals surface area contributed by atoms with E-state index in [1.807, 2.05) is 19.1 Å². The van der Waals surface area contributed by atoms with Gasteiger partial charge in [-0.15, -0.1) is 0 Å². The second-order valence-electron chi connectivity index (χ2n) is 6.50. The van der Waals surface area contributed by atoms with Crippen molar-refractivity contribution < 1.29 is 4.74 Å². The molecule has 1 aliphatic heterocycles. The van der Waals surface area contributed by atoms with E-state index in [1.165, 1.54) is 10.3 Å². The van der Waals surface area contributed by atoms with Gasteiger partial charge in [0.05, 0.1) is 23.4 Å². The maximum absolute atomic E-state index is 12.2. The van der Waals surface area contributed by atoms with E-state index in [1.54, 1.807) is 13.1 Å². The van der Waals surface area contributed by atoms with Gasteiger partial charge in [-0.3, -0.25) is 9.36 Å². The van der Waals surface area contributed by atoms with Gasteiger partial charge >= 0.3 is 0 Å². The summed E-state index contributed by atoms with van der Waals surface area (Å²) in [6, 6.07) is 9.94. The Morgan fingerprint density at radius 1 is 1.15 bits per heavy atom. The van der Waals surface area contributed by atoms with Crippen molar-refractivity contribution in [1.29, 1.82) is 0 Å². The molecular weight excluding hydrogens is 410 g/mol. The number of halogens is 1.